The zero-order valence-corrected chi connectivity index (χ0v) is 16.6. The minimum absolute atomic E-state index is 0.0103. The number of carbonyl (C=O) groups is 1. The number of anilines is 1. The minimum Gasteiger partial charge on any atom is -0.395 e. The number of hydrogen-bond donors (Lipinski definition) is 3. The van der Waals surface area contributed by atoms with Crippen LogP contribution < -0.4 is 10.0 Å². The van der Waals surface area contributed by atoms with E-state index in [4.69, 9.17) is 5.11 Å². The van der Waals surface area contributed by atoms with Gasteiger partial charge in [-0.25, -0.2) is 30.3 Å². The number of aliphatic hydroxyl groups is 1. The fourth-order valence-electron chi connectivity index (χ4n) is 2.23. The van der Waals surface area contributed by atoms with Gasteiger partial charge in [-0.2, -0.15) is 0 Å². The summed E-state index contributed by atoms with van der Waals surface area (Å²) in [6, 6.07) is 7.36. The predicted molar refractivity (Wildman–Crippen MR) is 100 cm³/mol. The van der Waals surface area contributed by atoms with E-state index in [1.807, 2.05) is 0 Å². The van der Waals surface area contributed by atoms with Crippen molar-refractivity contribution in [3.8, 4) is 0 Å². The van der Waals surface area contributed by atoms with Gasteiger partial charge in [0.1, 0.15) is 0 Å². The summed E-state index contributed by atoms with van der Waals surface area (Å²) in [5.74, 6) is -3.46. The van der Waals surface area contributed by atoms with Gasteiger partial charge in [-0.3, -0.25) is 4.79 Å². The van der Waals surface area contributed by atoms with Crippen molar-refractivity contribution in [2.45, 2.75) is 16.2 Å². The normalized spacial score (nSPS) is 12.0. The molecule has 158 valence electrons. The maximum absolute atomic E-state index is 13.2. The first-order chi connectivity index (χ1) is 13.5. The van der Waals surface area contributed by atoms with Crippen LogP contribution >= 0.6 is 0 Å². The molecule has 0 saturated carbocycles. The highest BCUT2D eigenvalue weighted by atomic mass is 32.2. The Bertz CT molecular complexity index is 1090. The number of amides is 1. The fraction of sp³-hybridized carbons (Fsp3) is 0.235. The van der Waals surface area contributed by atoms with Crippen LogP contribution in [0.5, 0.6) is 0 Å². The number of hydrogen-bond acceptors (Lipinski definition) is 6. The minimum atomic E-state index is -4.12. The molecule has 8 nitrogen and oxygen atoms in total. The Labute approximate surface area is 166 Å². The molecular weight excluding hydrogens is 430 g/mol. The highest BCUT2D eigenvalue weighted by Gasteiger charge is 2.17. The number of sulfone groups is 1. The van der Waals surface area contributed by atoms with Crippen molar-refractivity contribution in [3.63, 3.8) is 0 Å². The number of nitrogens with one attached hydrogen (secondary N) is 2. The van der Waals surface area contributed by atoms with Crippen LogP contribution in [0.2, 0.25) is 0 Å². The quantitative estimate of drug-likeness (QED) is 0.526. The first-order valence-electron chi connectivity index (χ1n) is 8.23. The van der Waals surface area contributed by atoms with Crippen molar-refractivity contribution in [3.05, 3.63) is 54.1 Å². The van der Waals surface area contributed by atoms with E-state index in [0.717, 1.165) is 6.07 Å². The Hall–Kier alpha value is -2.41. The Morgan fingerprint density at radius 1 is 0.931 bits per heavy atom. The smallest absolute Gasteiger partial charge is 0.240 e. The Balaban J connectivity index is 1.90. The molecular formula is C17H18F2N2O6S2. The number of carbonyl (C=O) groups excluding carboxylic acids is 1. The van der Waals surface area contributed by atoms with Crippen LogP contribution in [0.15, 0.2) is 52.3 Å². The summed E-state index contributed by atoms with van der Waals surface area (Å²) in [7, 11) is -7.73. The Kier molecular flexibility index (Phi) is 7.41. The maximum Gasteiger partial charge on any atom is 0.240 e. The van der Waals surface area contributed by atoms with Crippen LogP contribution in [0.25, 0.3) is 0 Å². The molecule has 12 heteroatoms. The molecule has 3 N–H and O–H groups in total. The van der Waals surface area contributed by atoms with Crippen LogP contribution in [-0.4, -0.2) is 46.8 Å². The lowest BCUT2D eigenvalue weighted by Gasteiger charge is -2.09. The van der Waals surface area contributed by atoms with Crippen LogP contribution in [0.1, 0.15) is 6.42 Å². The van der Waals surface area contributed by atoms with Gasteiger partial charge in [-0.15, -0.1) is 0 Å². The standard InChI is InChI=1S/C17H18F2N2O6S2/c18-15-6-5-14(11-16(15)19)29(26,27)20-8-7-17(23)21-12-1-3-13(4-2-12)28(24,25)10-9-22/h1-6,11,20,22H,7-10H2,(H,21,23). The molecule has 2 rings (SSSR count). The summed E-state index contributed by atoms with van der Waals surface area (Å²) in [5.41, 5.74) is 0.293. The summed E-state index contributed by atoms with van der Waals surface area (Å²) in [4.78, 5) is 11.4. The van der Waals surface area contributed by atoms with Crippen LogP contribution in [0.4, 0.5) is 14.5 Å². The van der Waals surface area contributed by atoms with Gasteiger partial charge in [-0.1, -0.05) is 0 Å². The zero-order chi connectivity index (χ0) is 21.7. The van der Waals surface area contributed by atoms with Crippen molar-refractivity contribution in [1.29, 1.82) is 0 Å². The Morgan fingerprint density at radius 2 is 1.55 bits per heavy atom. The van der Waals surface area contributed by atoms with E-state index in [9.17, 15) is 30.4 Å². The SMILES string of the molecule is O=C(CCNS(=O)(=O)c1ccc(F)c(F)c1)Nc1ccc(S(=O)(=O)CCO)cc1. The van der Waals surface area contributed by atoms with Gasteiger partial charge >= 0.3 is 0 Å². The molecule has 29 heavy (non-hydrogen) atoms. The van der Waals surface area contributed by atoms with Gasteiger partial charge in [0.05, 0.1) is 22.2 Å². The highest BCUT2D eigenvalue weighted by Crippen LogP contribution is 2.16. The van der Waals surface area contributed by atoms with Crippen LogP contribution in [0.3, 0.4) is 0 Å². The number of rotatable bonds is 9. The van der Waals surface area contributed by atoms with E-state index in [2.05, 4.69) is 10.0 Å². The summed E-state index contributed by atoms with van der Waals surface area (Å²) in [6.07, 6.45) is -0.256. The summed E-state index contributed by atoms with van der Waals surface area (Å²) >= 11 is 0. The maximum atomic E-state index is 13.2. The number of benzene rings is 2. The summed E-state index contributed by atoms with van der Waals surface area (Å²) in [5, 5.41) is 11.2. The van der Waals surface area contributed by atoms with Crippen molar-refractivity contribution in [2.75, 3.05) is 24.2 Å². The van der Waals surface area contributed by atoms with Crippen molar-refractivity contribution < 1.29 is 35.5 Å². The van der Waals surface area contributed by atoms with E-state index in [-0.39, 0.29) is 17.9 Å². The van der Waals surface area contributed by atoms with Crippen molar-refractivity contribution in [1.82, 2.24) is 4.72 Å². The van der Waals surface area contributed by atoms with Crippen LogP contribution in [0, 0.1) is 11.6 Å². The molecule has 0 aromatic heterocycles. The Morgan fingerprint density at radius 3 is 2.14 bits per heavy atom. The molecule has 0 heterocycles. The lowest BCUT2D eigenvalue weighted by Crippen LogP contribution is -2.28. The molecule has 1 amide bonds. The third kappa shape index (κ3) is 6.29. The molecule has 0 spiro atoms. The first kappa shape index (κ1) is 22.9. The summed E-state index contributed by atoms with van der Waals surface area (Å²) < 4.78 is 75.8. The molecule has 0 aliphatic heterocycles. The van der Waals surface area contributed by atoms with E-state index >= 15 is 0 Å². The second kappa shape index (κ2) is 9.39. The number of aliphatic hydroxyl groups excluding tert-OH is 1. The van der Waals surface area contributed by atoms with Gasteiger partial charge < -0.3 is 10.4 Å². The molecule has 2 aromatic carbocycles. The molecule has 0 fully saturated rings. The molecule has 0 saturated heterocycles. The molecule has 0 atom stereocenters. The molecule has 0 unspecified atom stereocenters. The van der Waals surface area contributed by atoms with Gasteiger partial charge in [0.15, 0.2) is 21.5 Å². The van der Waals surface area contributed by atoms with Gasteiger partial charge in [0.2, 0.25) is 15.9 Å². The average Bonchev–Trinajstić information content (AvgIpc) is 2.64. The van der Waals surface area contributed by atoms with E-state index in [0.29, 0.717) is 17.8 Å². The third-order valence-electron chi connectivity index (χ3n) is 3.70. The molecule has 0 aliphatic carbocycles. The van der Waals surface area contributed by atoms with Gasteiger partial charge in [0, 0.05) is 18.7 Å². The van der Waals surface area contributed by atoms with Crippen LogP contribution in [-0.2, 0) is 24.7 Å². The zero-order valence-electron chi connectivity index (χ0n) is 14.9. The molecule has 0 radical (unpaired) electrons. The molecule has 0 bridgehead atoms. The lowest BCUT2D eigenvalue weighted by molar-refractivity contribution is -0.116. The van der Waals surface area contributed by atoms with Crippen molar-refractivity contribution in [2.24, 2.45) is 0 Å². The molecule has 0 aliphatic rings. The monoisotopic (exact) mass is 448 g/mol. The van der Waals surface area contributed by atoms with E-state index in [1.165, 1.54) is 24.3 Å². The largest absolute Gasteiger partial charge is 0.395 e. The van der Waals surface area contributed by atoms with E-state index < -0.39 is 54.7 Å². The summed E-state index contributed by atoms with van der Waals surface area (Å²) in [6.45, 7) is -0.808. The fourth-order valence-corrected chi connectivity index (χ4v) is 4.30. The number of sulfonamides is 1. The predicted octanol–water partition coefficient (Wildman–Crippen LogP) is 1.04. The second-order valence-electron chi connectivity index (χ2n) is 5.84. The van der Waals surface area contributed by atoms with Gasteiger partial charge in [-0.05, 0) is 42.5 Å². The average molecular weight is 448 g/mol. The third-order valence-corrected chi connectivity index (χ3v) is 6.87. The lowest BCUT2D eigenvalue weighted by atomic mass is 10.3. The van der Waals surface area contributed by atoms with Crippen molar-refractivity contribution >= 4 is 31.5 Å². The molecule has 2 aromatic rings. The van der Waals surface area contributed by atoms with Gasteiger partial charge in [0.25, 0.3) is 0 Å². The van der Waals surface area contributed by atoms with E-state index in [1.54, 1.807) is 0 Å². The number of halogens is 2. The topological polar surface area (TPSA) is 130 Å². The first-order valence-corrected chi connectivity index (χ1v) is 11.4. The highest BCUT2D eigenvalue weighted by molar-refractivity contribution is 7.91. The second-order valence-corrected chi connectivity index (χ2v) is 9.71.